The number of nitrogen functional groups attached to an aromatic ring is 1. The summed E-state index contributed by atoms with van der Waals surface area (Å²) in [4.78, 5) is 11.6. The number of ether oxygens (including phenoxy) is 1. The van der Waals surface area contributed by atoms with Crippen molar-refractivity contribution in [1.82, 2.24) is 15.0 Å². The molecule has 20 heavy (non-hydrogen) atoms. The summed E-state index contributed by atoms with van der Waals surface area (Å²) in [6.07, 6.45) is 1.80. The Hall–Kier alpha value is -2.37. The van der Waals surface area contributed by atoms with Gasteiger partial charge in [0, 0.05) is 6.54 Å². The number of aromatic nitrogens is 3. The van der Waals surface area contributed by atoms with Gasteiger partial charge in [-0.2, -0.15) is 0 Å². The van der Waals surface area contributed by atoms with Crippen molar-refractivity contribution in [2.24, 2.45) is 0 Å². The fourth-order valence-electron chi connectivity index (χ4n) is 1.91. The summed E-state index contributed by atoms with van der Waals surface area (Å²) in [5, 5.41) is 7.66. The first-order valence-electron chi connectivity index (χ1n) is 6.62. The SMILES string of the molecule is CCOC(=O)c1nnn(CCCc2ccccc2)c1N. The summed E-state index contributed by atoms with van der Waals surface area (Å²) < 4.78 is 6.40. The Labute approximate surface area is 117 Å². The molecule has 6 nitrogen and oxygen atoms in total. The van der Waals surface area contributed by atoms with E-state index in [0.717, 1.165) is 12.8 Å². The lowest BCUT2D eigenvalue weighted by molar-refractivity contribution is 0.0520. The summed E-state index contributed by atoms with van der Waals surface area (Å²) in [6.45, 7) is 2.64. The highest BCUT2D eigenvalue weighted by atomic mass is 16.5. The second-order valence-corrected chi connectivity index (χ2v) is 4.36. The third kappa shape index (κ3) is 3.34. The van der Waals surface area contributed by atoms with Gasteiger partial charge in [0.1, 0.15) is 0 Å². The number of esters is 1. The highest BCUT2D eigenvalue weighted by Gasteiger charge is 2.18. The summed E-state index contributed by atoms with van der Waals surface area (Å²) in [7, 11) is 0. The van der Waals surface area contributed by atoms with Crippen molar-refractivity contribution in [2.45, 2.75) is 26.3 Å². The molecule has 0 aliphatic rings. The van der Waals surface area contributed by atoms with E-state index in [1.165, 1.54) is 10.2 Å². The number of aryl methyl sites for hydroxylation is 2. The van der Waals surface area contributed by atoms with E-state index < -0.39 is 5.97 Å². The summed E-state index contributed by atoms with van der Waals surface area (Å²) in [5.41, 5.74) is 7.20. The third-order valence-electron chi connectivity index (χ3n) is 2.92. The molecule has 6 heteroatoms. The van der Waals surface area contributed by atoms with Crippen LogP contribution in [0.1, 0.15) is 29.4 Å². The lowest BCUT2D eigenvalue weighted by Crippen LogP contribution is -2.10. The molecule has 0 aliphatic carbocycles. The molecule has 0 radical (unpaired) electrons. The van der Waals surface area contributed by atoms with Gasteiger partial charge in [-0.15, -0.1) is 5.10 Å². The van der Waals surface area contributed by atoms with Crippen LogP contribution >= 0.6 is 0 Å². The van der Waals surface area contributed by atoms with Crippen molar-refractivity contribution in [3.63, 3.8) is 0 Å². The number of nitrogens with two attached hydrogens (primary N) is 1. The van der Waals surface area contributed by atoms with Gasteiger partial charge < -0.3 is 10.5 Å². The molecule has 1 aromatic heterocycles. The number of anilines is 1. The van der Waals surface area contributed by atoms with E-state index >= 15 is 0 Å². The number of nitrogens with zero attached hydrogens (tertiary/aromatic N) is 3. The van der Waals surface area contributed by atoms with E-state index in [4.69, 9.17) is 10.5 Å². The van der Waals surface area contributed by atoms with Crippen LogP contribution in [0.15, 0.2) is 30.3 Å². The summed E-state index contributed by atoms with van der Waals surface area (Å²) in [6, 6.07) is 10.2. The highest BCUT2D eigenvalue weighted by Crippen LogP contribution is 2.11. The van der Waals surface area contributed by atoms with E-state index in [1.54, 1.807) is 6.92 Å². The quantitative estimate of drug-likeness (QED) is 0.810. The van der Waals surface area contributed by atoms with Crippen LogP contribution in [0.2, 0.25) is 0 Å². The molecule has 2 rings (SSSR count). The van der Waals surface area contributed by atoms with Gasteiger partial charge in [-0.25, -0.2) is 9.48 Å². The van der Waals surface area contributed by atoms with Crippen LogP contribution in [0.25, 0.3) is 0 Å². The molecule has 2 aromatic rings. The fraction of sp³-hybridized carbons (Fsp3) is 0.357. The Bertz CT molecular complexity index is 566. The van der Waals surface area contributed by atoms with Gasteiger partial charge in [-0.05, 0) is 25.3 Å². The van der Waals surface area contributed by atoms with Crippen molar-refractivity contribution < 1.29 is 9.53 Å². The Balaban J connectivity index is 1.92. The molecule has 0 fully saturated rings. The maximum Gasteiger partial charge on any atom is 0.362 e. The molecular formula is C14H18N4O2. The average Bonchev–Trinajstić information content (AvgIpc) is 2.82. The van der Waals surface area contributed by atoms with Gasteiger partial charge in [0.05, 0.1) is 6.61 Å². The third-order valence-corrected chi connectivity index (χ3v) is 2.92. The minimum absolute atomic E-state index is 0.0894. The van der Waals surface area contributed by atoms with E-state index in [9.17, 15) is 4.79 Å². The number of hydrogen-bond acceptors (Lipinski definition) is 5. The zero-order valence-electron chi connectivity index (χ0n) is 11.5. The maximum absolute atomic E-state index is 11.6. The molecule has 106 valence electrons. The molecular weight excluding hydrogens is 256 g/mol. The molecule has 1 aromatic carbocycles. The predicted octanol–water partition coefficient (Wildman–Crippen LogP) is 1.67. The van der Waals surface area contributed by atoms with Gasteiger partial charge in [0.25, 0.3) is 0 Å². The van der Waals surface area contributed by atoms with Crippen molar-refractivity contribution in [3.8, 4) is 0 Å². The first kappa shape index (κ1) is 14.0. The van der Waals surface area contributed by atoms with E-state index in [0.29, 0.717) is 13.2 Å². The minimum Gasteiger partial charge on any atom is -0.461 e. The number of hydrogen-bond donors (Lipinski definition) is 1. The first-order chi connectivity index (χ1) is 9.72. The topological polar surface area (TPSA) is 83.0 Å². The molecule has 1 heterocycles. The molecule has 0 amide bonds. The number of rotatable bonds is 6. The minimum atomic E-state index is -0.528. The average molecular weight is 274 g/mol. The van der Waals surface area contributed by atoms with Gasteiger partial charge in [0.15, 0.2) is 5.82 Å². The van der Waals surface area contributed by atoms with E-state index in [2.05, 4.69) is 22.4 Å². The smallest absolute Gasteiger partial charge is 0.362 e. The van der Waals surface area contributed by atoms with Crippen LogP contribution in [0.5, 0.6) is 0 Å². The molecule has 0 saturated carbocycles. The van der Waals surface area contributed by atoms with E-state index in [1.807, 2.05) is 18.2 Å². The molecule has 2 N–H and O–H groups in total. The standard InChI is InChI=1S/C14H18N4O2/c1-2-20-14(19)12-13(15)18(17-16-12)10-6-9-11-7-4-3-5-8-11/h3-5,7-8H,2,6,9-10,15H2,1H3. The molecule has 0 spiro atoms. The van der Waals surface area contributed by atoms with Crippen molar-refractivity contribution in [3.05, 3.63) is 41.6 Å². The Morgan fingerprint density at radius 3 is 2.80 bits per heavy atom. The van der Waals surface area contributed by atoms with Crippen LogP contribution in [-0.4, -0.2) is 27.6 Å². The molecule has 0 bridgehead atoms. The lowest BCUT2D eigenvalue weighted by Gasteiger charge is -2.04. The van der Waals surface area contributed by atoms with Crippen LogP contribution < -0.4 is 5.73 Å². The number of carbonyl (C=O) groups is 1. The first-order valence-corrected chi connectivity index (χ1v) is 6.62. The summed E-state index contributed by atoms with van der Waals surface area (Å²) in [5.74, 6) is -0.268. The van der Waals surface area contributed by atoms with Crippen molar-refractivity contribution in [2.75, 3.05) is 12.3 Å². The highest BCUT2D eigenvalue weighted by molar-refractivity contribution is 5.91. The zero-order valence-corrected chi connectivity index (χ0v) is 11.5. The van der Waals surface area contributed by atoms with E-state index in [-0.39, 0.29) is 11.5 Å². The predicted molar refractivity (Wildman–Crippen MR) is 75.2 cm³/mol. The largest absolute Gasteiger partial charge is 0.461 e. The number of benzene rings is 1. The summed E-state index contributed by atoms with van der Waals surface area (Å²) >= 11 is 0. The van der Waals surface area contributed by atoms with Gasteiger partial charge in [-0.1, -0.05) is 35.5 Å². The molecule has 0 unspecified atom stereocenters. The van der Waals surface area contributed by atoms with Crippen molar-refractivity contribution >= 4 is 11.8 Å². The normalized spacial score (nSPS) is 10.4. The van der Waals surface area contributed by atoms with Gasteiger partial charge in [-0.3, -0.25) is 0 Å². The second-order valence-electron chi connectivity index (χ2n) is 4.36. The van der Waals surface area contributed by atoms with Crippen LogP contribution in [0.3, 0.4) is 0 Å². The van der Waals surface area contributed by atoms with Crippen molar-refractivity contribution in [1.29, 1.82) is 0 Å². The maximum atomic E-state index is 11.6. The van der Waals surface area contributed by atoms with Gasteiger partial charge in [0.2, 0.25) is 5.69 Å². The number of carbonyl (C=O) groups excluding carboxylic acids is 1. The van der Waals surface area contributed by atoms with Crippen LogP contribution in [0, 0.1) is 0 Å². The molecule has 0 aliphatic heterocycles. The molecule has 0 saturated heterocycles. The Kier molecular flexibility index (Phi) is 4.70. The monoisotopic (exact) mass is 274 g/mol. The fourth-order valence-corrected chi connectivity index (χ4v) is 1.91. The lowest BCUT2D eigenvalue weighted by atomic mass is 10.1. The zero-order chi connectivity index (χ0) is 14.4. The Morgan fingerprint density at radius 2 is 2.10 bits per heavy atom. The van der Waals surface area contributed by atoms with Gasteiger partial charge >= 0.3 is 5.97 Å². The van der Waals surface area contributed by atoms with Crippen LogP contribution in [0.4, 0.5) is 5.82 Å². The second kappa shape index (κ2) is 6.70. The Morgan fingerprint density at radius 1 is 1.35 bits per heavy atom. The van der Waals surface area contributed by atoms with Crippen LogP contribution in [-0.2, 0) is 17.7 Å². The molecule has 0 atom stereocenters.